The number of pyridine rings is 1. The van der Waals surface area contributed by atoms with Gasteiger partial charge in [-0.3, -0.25) is 4.90 Å². The first kappa shape index (κ1) is 16.0. The summed E-state index contributed by atoms with van der Waals surface area (Å²) in [5.74, 6) is 1.36. The van der Waals surface area contributed by atoms with E-state index in [9.17, 15) is 0 Å². The molecule has 1 aromatic carbocycles. The second-order valence-corrected chi connectivity index (χ2v) is 8.61. The molecule has 0 spiro atoms. The zero-order valence-electron chi connectivity index (χ0n) is 16.1. The van der Waals surface area contributed by atoms with Crippen LogP contribution in [0.2, 0.25) is 0 Å². The van der Waals surface area contributed by atoms with Gasteiger partial charge in [0.1, 0.15) is 12.7 Å². The molecule has 6 heteroatoms. The number of benzene rings is 1. The van der Waals surface area contributed by atoms with Crippen LogP contribution in [0.5, 0.6) is 11.8 Å². The molecule has 3 fully saturated rings. The Morgan fingerprint density at radius 3 is 2.90 bits per heavy atom. The summed E-state index contributed by atoms with van der Waals surface area (Å²) in [5.41, 5.74) is 4.39. The molecule has 0 aliphatic carbocycles. The van der Waals surface area contributed by atoms with Crippen molar-refractivity contribution in [1.82, 2.24) is 19.7 Å². The first-order valence-electron chi connectivity index (χ1n) is 10.5. The average molecular weight is 386 g/mol. The molecule has 0 N–H and O–H groups in total. The molecule has 0 saturated carbocycles. The van der Waals surface area contributed by atoms with Crippen LogP contribution in [0.25, 0.3) is 16.8 Å². The van der Waals surface area contributed by atoms with Crippen molar-refractivity contribution in [2.45, 2.75) is 56.5 Å². The summed E-state index contributed by atoms with van der Waals surface area (Å²) in [5, 5.41) is 4.31. The van der Waals surface area contributed by atoms with Crippen molar-refractivity contribution in [3.8, 4) is 28.6 Å². The monoisotopic (exact) mass is 386 g/mol. The number of nitrogens with zero attached hydrogens (tertiary/aromatic N) is 4. The molecule has 6 nitrogen and oxygen atoms in total. The highest BCUT2D eigenvalue weighted by Crippen LogP contribution is 2.50. The molecule has 2 aromatic heterocycles. The zero-order chi connectivity index (χ0) is 18.9. The second-order valence-electron chi connectivity index (χ2n) is 8.61. The van der Waals surface area contributed by atoms with Gasteiger partial charge in [-0.2, -0.15) is 10.1 Å². The van der Waals surface area contributed by atoms with Crippen LogP contribution < -0.4 is 9.47 Å². The van der Waals surface area contributed by atoms with Crippen molar-refractivity contribution in [2.24, 2.45) is 0 Å². The molecular formula is C23H22N4O2. The van der Waals surface area contributed by atoms with E-state index in [0.29, 0.717) is 18.4 Å². The summed E-state index contributed by atoms with van der Waals surface area (Å²) in [4.78, 5) is 7.40. The van der Waals surface area contributed by atoms with Crippen molar-refractivity contribution < 1.29 is 9.47 Å². The number of fused-ring (bicyclic) bond motifs is 4. The average Bonchev–Trinajstić information content (AvgIpc) is 3.11. The summed E-state index contributed by atoms with van der Waals surface area (Å²) in [6.07, 6.45) is 9.00. The Kier molecular flexibility index (Phi) is 3.21. The summed E-state index contributed by atoms with van der Waals surface area (Å²) in [6, 6.07) is 14.7. The van der Waals surface area contributed by atoms with Gasteiger partial charge < -0.3 is 9.47 Å². The molecule has 0 bridgehead atoms. The lowest BCUT2D eigenvalue weighted by Gasteiger charge is -2.29. The molecule has 4 aliphatic rings. The Balaban J connectivity index is 1.14. The third kappa shape index (κ3) is 2.45. The molecule has 3 saturated heterocycles. The van der Waals surface area contributed by atoms with Crippen LogP contribution in [0.4, 0.5) is 0 Å². The maximum absolute atomic E-state index is 6.30. The van der Waals surface area contributed by atoms with E-state index in [1.807, 2.05) is 23.0 Å². The van der Waals surface area contributed by atoms with E-state index >= 15 is 0 Å². The van der Waals surface area contributed by atoms with E-state index in [1.165, 1.54) is 18.4 Å². The van der Waals surface area contributed by atoms with E-state index < -0.39 is 0 Å². The number of hydrogen-bond donors (Lipinski definition) is 0. The zero-order valence-corrected chi connectivity index (χ0v) is 16.1. The SMILES string of the molecule is c1cnn(-c2ccc3c(c2)COc2nc(O[C@@H]4CC5[C@H]6CC[C@@H](C4)N56)ccc2-3)c1. The Morgan fingerprint density at radius 1 is 1.03 bits per heavy atom. The van der Waals surface area contributed by atoms with Crippen molar-refractivity contribution >= 4 is 0 Å². The lowest BCUT2D eigenvalue weighted by atomic mass is 9.94. The molecule has 3 aromatic rings. The highest BCUT2D eigenvalue weighted by Gasteiger charge is 2.59. The van der Waals surface area contributed by atoms with Crippen molar-refractivity contribution in [2.75, 3.05) is 0 Å². The number of aromatic nitrogens is 3. The molecule has 0 amide bonds. The fourth-order valence-electron chi connectivity index (χ4n) is 5.68. The third-order valence-electron chi connectivity index (χ3n) is 7.01. The van der Waals surface area contributed by atoms with Gasteiger partial charge in [0.2, 0.25) is 11.8 Å². The predicted octanol–water partition coefficient (Wildman–Crippen LogP) is 3.58. The van der Waals surface area contributed by atoms with Crippen molar-refractivity contribution in [3.63, 3.8) is 0 Å². The minimum absolute atomic E-state index is 0.282. The van der Waals surface area contributed by atoms with Crippen LogP contribution in [0, 0.1) is 0 Å². The molecule has 6 heterocycles. The molecule has 146 valence electrons. The van der Waals surface area contributed by atoms with Crippen molar-refractivity contribution in [3.05, 3.63) is 54.4 Å². The van der Waals surface area contributed by atoms with E-state index in [1.54, 1.807) is 6.20 Å². The van der Waals surface area contributed by atoms with Gasteiger partial charge in [-0.1, -0.05) is 6.07 Å². The Labute approximate surface area is 169 Å². The smallest absolute Gasteiger partial charge is 0.225 e. The van der Waals surface area contributed by atoms with Crippen LogP contribution >= 0.6 is 0 Å². The summed E-state index contributed by atoms with van der Waals surface area (Å²) >= 11 is 0. The van der Waals surface area contributed by atoms with Crippen LogP contribution in [0.3, 0.4) is 0 Å². The van der Waals surface area contributed by atoms with E-state index in [2.05, 4.69) is 34.3 Å². The lowest BCUT2D eigenvalue weighted by molar-refractivity contribution is 0.111. The second kappa shape index (κ2) is 5.83. The maximum Gasteiger partial charge on any atom is 0.225 e. The molecule has 7 rings (SSSR count). The number of ether oxygens (including phenoxy) is 2. The van der Waals surface area contributed by atoms with E-state index in [0.717, 1.165) is 47.8 Å². The number of piperidine rings is 2. The molecule has 2 unspecified atom stereocenters. The van der Waals surface area contributed by atoms with Gasteiger partial charge in [-0.25, -0.2) is 4.68 Å². The standard InChI is InChI=1S/C23H22N4O2/c1-8-24-26(9-1)15-2-4-18-14(10-15)13-28-23-19(18)5-7-22(25-23)29-17-11-16-3-6-20-21(12-17)27(16)20/h1-2,4-5,7-10,16-17,20-21H,3,6,11-13H2/t16-,17-,20+,21?,27?/m0/s1. The summed E-state index contributed by atoms with van der Waals surface area (Å²) in [6.45, 7) is 0.512. The van der Waals surface area contributed by atoms with Crippen molar-refractivity contribution in [1.29, 1.82) is 0 Å². The minimum atomic E-state index is 0.282. The molecule has 0 radical (unpaired) electrons. The fourth-order valence-corrected chi connectivity index (χ4v) is 5.68. The topological polar surface area (TPSA) is 52.2 Å². The van der Waals surface area contributed by atoms with Crippen LogP contribution in [-0.2, 0) is 6.61 Å². The lowest BCUT2D eigenvalue weighted by Crippen LogP contribution is -2.35. The first-order valence-corrected chi connectivity index (χ1v) is 10.5. The largest absolute Gasteiger partial charge is 0.474 e. The Bertz CT molecular complexity index is 1100. The normalized spacial score (nSPS) is 30.7. The molecular weight excluding hydrogens is 364 g/mol. The van der Waals surface area contributed by atoms with E-state index in [4.69, 9.17) is 14.5 Å². The van der Waals surface area contributed by atoms with Gasteiger partial charge in [0.25, 0.3) is 0 Å². The van der Waals surface area contributed by atoms with Gasteiger partial charge in [-0.15, -0.1) is 0 Å². The quantitative estimate of drug-likeness (QED) is 0.644. The number of hydrogen-bond acceptors (Lipinski definition) is 5. The Morgan fingerprint density at radius 2 is 2.00 bits per heavy atom. The molecule has 4 aliphatic heterocycles. The van der Waals surface area contributed by atoms with Gasteiger partial charge in [0.05, 0.1) is 5.69 Å². The summed E-state index contributed by atoms with van der Waals surface area (Å²) < 4.78 is 14.2. The van der Waals surface area contributed by atoms with E-state index in [-0.39, 0.29) is 6.10 Å². The van der Waals surface area contributed by atoms with Crippen LogP contribution in [0.15, 0.2) is 48.8 Å². The predicted molar refractivity (Wildman–Crippen MR) is 107 cm³/mol. The van der Waals surface area contributed by atoms with Gasteiger partial charge in [0, 0.05) is 48.6 Å². The van der Waals surface area contributed by atoms with Gasteiger partial charge >= 0.3 is 0 Å². The Hall–Kier alpha value is -2.86. The van der Waals surface area contributed by atoms with Crippen LogP contribution in [0.1, 0.15) is 31.2 Å². The highest BCUT2D eigenvalue weighted by molar-refractivity contribution is 5.74. The minimum Gasteiger partial charge on any atom is -0.474 e. The number of rotatable bonds is 3. The molecule has 5 atom stereocenters. The maximum atomic E-state index is 6.30. The van der Waals surface area contributed by atoms with Gasteiger partial charge in [0.15, 0.2) is 0 Å². The molecule has 29 heavy (non-hydrogen) atoms. The fraction of sp³-hybridized carbons (Fsp3) is 0.391. The first-order chi connectivity index (χ1) is 14.3. The van der Waals surface area contributed by atoms with Gasteiger partial charge in [-0.05, 0) is 54.7 Å². The van der Waals surface area contributed by atoms with Crippen LogP contribution in [-0.4, -0.2) is 43.9 Å². The summed E-state index contributed by atoms with van der Waals surface area (Å²) in [7, 11) is 0. The highest BCUT2D eigenvalue weighted by atomic mass is 16.5. The third-order valence-corrected chi connectivity index (χ3v) is 7.01.